The van der Waals surface area contributed by atoms with E-state index in [4.69, 9.17) is 0 Å². The number of aromatic nitrogens is 1. The zero-order valence-corrected chi connectivity index (χ0v) is 13.1. The summed E-state index contributed by atoms with van der Waals surface area (Å²) in [6, 6.07) is 13.0. The van der Waals surface area contributed by atoms with Gasteiger partial charge in [0.15, 0.2) is 0 Å². The Morgan fingerprint density at radius 1 is 1.15 bits per heavy atom. The number of hydrogen-bond donors (Lipinski definition) is 2. The molecule has 4 heteroatoms. The number of halogens is 1. The summed E-state index contributed by atoms with van der Waals surface area (Å²) in [6.45, 7) is 4.40. The van der Waals surface area contributed by atoms with Crippen LogP contribution in [0.4, 0.5) is 0 Å². The van der Waals surface area contributed by atoms with Gasteiger partial charge in [0, 0.05) is 28.4 Å². The summed E-state index contributed by atoms with van der Waals surface area (Å²) in [6.07, 6.45) is 3.27. The zero-order valence-electron chi connectivity index (χ0n) is 11.5. The molecule has 0 unspecified atom stereocenters. The van der Waals surface area contributed by atoms with Gasteiger partial charge in [-0.2, -0.15) is 0 Å². The van der Waals surface area contributed by atoms with E-state index in [1.165, 1.54) is 26.2 Å². The number of nitrogens with two attached hydrogens (primary N) is 1. The number of thiophene rings is 1. The molecule has 0 amide bonds. The molecule has 3 aromatic rings. The molecule has 0 bridgehead atoms. The first kappa shape index (κ1) is 15.1. The van der Waals surface area contributed by atoms with E-state index in [1.54, 1.807) is 0 Å². The van der Waals surface area contributed by atoms with Crippen molar-refractivity contribution in [1.29, 1.82) is 0 Å². The SMILES string of the molecule is Cc1ccc(C[NH2+]CCc2c[nH]c3ccccc23)s1.[Cl-]. The molecule has 3 rings (SSSR count). The van der Waals surface area contributed by atoms with Crippen molar-refractivity contribution in [2.45, 2.75) is 19.9 Å². The summed E-state index contributed by atoms with van der Waals surface area (Å²) in [5.41, 5.74) is 2.67. The van der Waals surface area contributed by atoms with Crippen molar-refractivity contribution < 1.29 is 17.7 Å². The molecular weight excluding hydrogens is 288 g/mol. The number of nitrogens with one attached hydrogen (secondary N) is 1. The predicted octanol–water partition coefficient (Wildman–Crippen LogP) is -0.152. The van der Waals surface area contributed by atoms with Crippen molar-refractivity contribution in [3.05, 3.63) is 57.9 Å². The molecule has 0 aliphatic rings. The highest BCUT2D eigenvalue weighted by Gasteiger charge is 2.04. The lowest BCUT2D eigenvalue weighted by molar-refractivity contribution is -0.669. The van der Waals surface area contributed by atoms with Crippen molar-refractivity contribution in [3.63, 3.8) is 0 Å². The standard InChI is InChI=1S/C16H18N2S.ClH/c1-12-6-7-14(19-12)11-17-9-8-13-10-18-16-5-3-2-4-15(13)16;/h2-7,10,17-18H,8-9,11H2,1H3;1H. The van der Waals surface area contributed by atoms with E-state index in [1.807, 2.05) is 11.3 Å². The average molecular weight is 307 g/mol. The number of aryl methyl sites for hydroxylation is 1. The maximum absolute atomic E-state index is 3.34. The van der Waals surface area contributed by atoms with E-state index in [0.29, 0.717) is 0 Å². The molecular formula is C16H19ClN2S. The normalized spacial score (nSPS) is 10.7. The van der Waals surface area contributed by atoms with Crippen LogP contribution in [0.5, 0.6) is 0 Å². The highest BCUT2D eigenvalue weighted by atomic mass is 35.5. The summed E-state index contributed by atoms with van der Waals surface area (Å²) in [7, 11) is 0. The highest BCUT2D eigenvalue weighted by molar-refractivity contribution is 7.11. The van der Waals surface area contributed by atoms with Gasteiger partial charge in [0.2, 0.25) is 0 Å². The van der Waals surface area contributed by atoms with E-state index in [2.05, 4.69) is 59.8 Å². The second-order valence-corrected chi connectivity index (χ2v) is 6.28. The van der Waals surface area contributed by atoms with Gasteiger partial charge in [-0.15, -0.1) is 11.3 Å². The van der Waals surface area contributed by atoms with Crippen LogP contribution in [0.15, 0.2) is 42.6 Å². The third-order valence-corrected chi connectivity index (χ3v) is 4.46. The number of quaternary nitrogens is 1. The van der Waals surface area contributed by atoms with E-state index in [-0.39, 0.29) is 12.4 Å². The number of benzene rings is 1. The van der Waals surface area contributed by atoms with Gasteiger partial charge in [-0.05, 0) is 30.7 Å². The lowest BCUT2D eigenvalue weighted by atomic mass is 10.1. The van der Waals surface area contributed by atoms with E-state index in [0.717, 1.165) is 19.5 Å². The minimum atomic E-state index is 0. The number of aromatic amines is 1. The van der Waals surface area contributed by atoms with Crippen molar-refractivity contribution >= 4 is 22.2 Å². The molecule has 0 aliphatic heterocycles. The molecule has 2 aromatic heterocycles. The number of rotatable bonds is 5. The predicted molar refractivity (Wildman–Crippen MR) is 81.6 cm³/mol. The van der Waals surface area contributed by atoms with E-state index in [9.17, 15) is 0 Å². The van der Waals surface area contributed by atoms with Gasteiger partial charge < -0.3 is 22.7 Å². The van der Waals surface area contributed by atoms with Gasteiger partial charge in [-0.1, -0.05) is 18.2 Å². The average Bonchev–Trinajstić information content (AvgIpc) is 3.02. The van der Waals surface area contributed by atoms with Crippen LogP contribution in [0, 0.1) is 6.92 Å². The summed E-state index contributed by atoms with van der Waals surface area (Å²) in [5.74, 6) is 0. The topological polar surface area (TPSA) is 32.4 Å². The van der Waals surface area contributed by atoms with Gasteiger partial charge >= 0.3 is 0 Å². The second kappa shape index (κ2) is 6.93. The van der Waals surface area contributed by atoms with Crippen LogP contribution in [-0.4, -0.2) is 11.5 Å². The molecule has 1 aromatic carbocycles. The van der Waals surface area contributed by atoms with Crippen LogP contribution >= 0.6 is 11.3 Å². The van der Waals surface area contributed by atoms with Crippen LogP contribution in [0.1, 0.15) is 15.3 Å². The molecule has 106 valence electrons. The Morgan fingerprint density at radius 2 is 2.00 bits per heavy atom. The van der Waals surface area contributed by atoms with Crippen molar-refractivity contribution in [3.8, 4) is 0 Å². The highest BCUT2D eigenvalue weighted by Crippen LogP contribution is 2.17. The number of para-hydroxylation sites is 1. The Balaban J connectivity index is 0.00000147. The quantitative estimate of drug-likeness (QED) is 0.615. The maximum Gasteiger partial charge on any atom is 0.111 e. The molecule has 0 saturated heterocycles. The van der Waals surface area contributed by atoms with Crippen LogP contribution < -0.4 is 17.7 Å². The molecule has 0 radical (unpaired) electrons. The third kappa shape index (κ3) is 3.42. The van der Waals surface area contributed by atoms with Gasteiger partial charge in [0.1, 0.15) is 6.54 Å². The first-order chi connectivity index (χ1) is 9.33. The zero-order chi connectivity index (χ0) is 13.1. The Morgan fingerprint density at radius 3 is 2.80 bits per heavy atom. The fourth-order valence-electron chi connectivity index (χ4n) is 2.44. The van der Waals surface area contributed by atoms with E-state index >= 15 is 0 Å². The monoisotopic (exact) mass is 306 g/mol. The van der Waals surface area contributed by atoms with Gasteiger partial charge in [0.25, 0.3) is 0 Å². The largest absolute Gasteiger partial charge is 1.00 e. The Hall–Kier alpha value is -1.29. The van der Waals surface area contributed by atoms with E-state index < -0.39 is 0 Å². The molecule has 2 heterocycles. The number of fused-ring (bicyclic) bond motifs is 1. The van der Waals surface area contributed by atoms with Crippen molar-refractivity contribution in [1.82, 2.24) is 4.98 Å². The Labute approximate surface area is 129 Å². The minimum Gasteiger partial charge on any atom is -1.00 e. The summed E-state index contributed by atoms with van der Waals surface area (Å²) >= 11 is 1.90. The molecule has 0 saturated carbocycles. The van der Waals surface area contributed by atoms with Crippen LogP contribution in [0.3, 0.4) is 0 Å². The fourth-order valence-corrected chi connectivity index (χ4v) is 3.32. The minimum absolute atomic E-state index is 0. The molecule has 0 aliphatic carbocycles. The van der Waals surface area contributed by atoms with Crippen LogP contribution in [0.25, 0.3) is 10.9 Å². The fraction of sp³-hybridized carbons (Fsp3) is 0.250. The smallest absolute Gasteiger partial charge is 0.111 e. The number of hydrogen-bond acceptors (Lipinski definition) is 1. The summed E-state index contributed by atoms with van der Waals surface area (Å²) in [4.78, 5) is 6.21. The maximum atomic E-state index is 3.34. The van der Waals surface area contributed by atoms with Crippen LogP contribution in [-0.2, 0) is 13.0 Å². The third-order valence-electron chi connectivity index (χ3n) is 3.43. The van der Waals surface area contributed by atoms with Gasteiger partial charge in [-0.3, -0.25) is 0 Å². The van der Waals surface area contributed by atoms with Gasteiger partial charge in [0.05, 0.1) is 11.4 Å². The number of H-pyrrole nitrogens is 1. The lowest BCUT2D eigenvalue weighted by Gasteiger charge is -2.00. The molecule has 20 heavy (non-hydrogen) atoms. The molecule has 0 spiro atoms. The molecule has 0 atom stereocenters. The summed E-state index contributed by atoms with van der Waals surface area (Å²) in [5, 5.41) is 3.76. The summed E-state index contributed by atoms with van der Waals surface area (Å²) < 4.78 is 0. The molecule has 0 fully saturated rings. The lowest BCUT2D eigenvalue weighted by Crippen LogP contribution is -3.00. The van der Waals surface area contributed by atoms with Gasteiger partial charge in [-0.25, -0.2) is 0 Å². The first-order valence-electron chi connectivity index (χ1n) is 6.75. The van der Waals surface area contributed by atoms with Crippen molar-refractivity contribution in [2.24, 2.45) is 0 Å². The first-order valence-corrected chi connectivity index (χ1v) is 7.56. The Kier molecular flexibility index (Phi) is 5.24. The van der Waals surface area contributed by atoms with Crippen LogP contribution in [0.2, 0.25) is 0 Å². The molecule has 2 nitrogen and oxygen atoms in total. The Bertz CT molecular complexity index is 672. The second-order valence-electron chi connectivity index (χ2n) is 4.90. The molecule has 3 N–H and O–H groups in total. The van der Waals surface area contributed by atoms with Crippen molar-refractivity contribution in [2.75, 3.05) is 6.54 Å².